The summed E-state index contributed by atoms with van der Waals surface area (Å²) in [4.78, 5) is 4.77. The summed E-state index contributed by atoms with van der Waals surface area (Å²) in [6, 6.07) is 0. The molecule has 0 aliphatic carbocycles. The summed E-state index contributed by atoms with van der Waals surface area (Å²) in [6.07, 6.45) is 0.819. The number of nitrogens with zero attached hydrogens (tertiary/aromatic N) is 2. The molecule has 1 atom stereocenters. The fraction of sp³-hybridized carbons (Fsp3) is 1.00. The lowest BCUT2D eigenvalue weighted by Gasteiger charge is -2.46. The molecule has 0 aromatic heterocycles. The Kier molecular flexibility index (Phi) is 3.80. The van der Waals surface area contributed by atoms with Crippen molar-refractivity contribution in [2.75, 3.05) is 33.2 Å². The van der Waals surface area contributed by atoms with E-state index in [1.165, 1.54) is 0 Å². The van der Waals surface area contributed by atoms with Crippen LogP contribution in [0.1, 0.15) is 34.1 Å². The highest BCUT2D eigenvalue weighted by Crippen LogP contribution is 2.21. The summed E-state index contributed by atoms with van der Waals surface area (Å²) < 4.78 is 0. The normalized spacial score (nSPS) is 27.6. The summed E-state index contributed by atoms with van der Waals surface area (Å²) in [5.41, 5.74) is -0.311. The van der Waals surface area contributed by atoms with Gasteiger partial charge in [0.25, 0.3) is 0 Å². The molecule has 0 aromatic carbocycles. The second kappa shape index (κ2) is 4.40. The Hall–Kier alpha value is -0.120. The Balaban J connectivity index is 2.53. The van der Waals surface area contributed by atoms with Gasteiger partial charge in [0, 0.05) is 31.7 Å². The fourth-order valence-corrected chi connectivity index (χ4v) is 2.07. The second-order valence-corrected chi connectivity index (χ2v) is 5.80. The van der Waals surface area contributed by atoms with E-state index in [2.05, 4.69) is 30.7 Å². The first kappa shape index (κ1) is 12.9. The van der Waals surface area contributed by atoms with E-state index >= 15 is 0 Å². The maximum Gasteiger partial charge on any atom is 0.0743 e. The molecule has 0 bridgehead atoms. The molecule has 3 heteroatoms. The molecule has 1 fully saturated rings. The van der Waals surface area contributed by atoms with E-state index in [0.29, 0.717) is 0 Å². The van der Waals surface area contributed by atoms with Crippen LogP contribution in [-0.4, -0.2) is 59.3 Å². The van der Waals surface area contributed by atoms with Crippen LogP contribution < -0.4 is 0 Å². The van der Waals surface area contributed by atoms with Gasteiger partial charge in [-0.1, -0.05) is 6.92 Å². The first-order chi connectivity index (χ1) is 6.77. The van der Waals surface area contributed by atoms with E-state index in [9.17, 15) is 5.11 Å². The third-order valence-electron chi connectivity index (χ3n) is 3.72. The molecule has 3 nitrogen and oxygen atoms in total. The van der Waals surface area contributed by atoms with Gasteiger partial charge in [0.15, 0.2) is 0 Å². The minimum absolute atomic E-state index is 0.224. The maximum atomic E-state index is 10.1. The molecule has 1 aliphatic heterocycles. The van der Waals surface area contributed by atoms with Crippen LogP contribution in [0.25, 0.3) is 0 Å². The molecule has 0 aromatic rings. The van der Waals surface area contributed by atoms with Gasteiger partial charge in [-0.25, -0.2) is 0 Å². The SMILES string of the molecule is CCC(C)(O)CN1CCN(C)C(C)(C)C1. The molecule has 0 saturated carbocycles. The van der Waals surface area contributed by atoms with Crippen LogP contribution in [0.2, 0.25) is 0 Å². The monoisotopic (exact) mass is 214 g/mol. The maximum absolute atomic E-state index is 10.1. The van der Waals surface area contributed by atoms with Gasteiger partial charge in [-0.15, -0.1) is 0 Å². The van der Waals surface area contributed by atoms with Crippen molar-refractivity contribution >= 4 is 0 Å². The number of hydrogen-bond acceptors (Lipinski definition) is 3. The molecule has 0 spiro atoms. The molecule has 1 unspecified atom stereocenters. The predicted octanol–water partition coefficient (Wildman–Crippen LogP) is 1.17. The lowest BCUT2D eigenvalue weighted by atomic mass is 9.97. The number of likely N-dealkylation sites (N-methyl/N-ethyl adjacent to an activating group) is 1. The smallest absolute Gasteiger partial charge is 0.0743 e. The van der Waals surface area contributed by atoms with Gasteiger partial charge in [0.2, 0.25) is 0 Å². The Morgan fingerprint density at radius 2 is 1.93 bits per heavy atom. The van der Waals surface area contributed by atoms with E-state index in [-0.39, 0.29) is 5.54 Å². The zero-order valence-electron chi connectivity index (χ0n) is 10.9. The van der Waals surface area contributed by atoms with Gasteiger partial charge in [0.1, 0.15) is 0 Å². The average molecular weight is 214 g/mol. The van der Waals surface area contributed by atoms with E-state index in [1.807, 2.05) is 13.8 Å². The van der Waals surface area contributed by atoms with E-state index in [0.717, 1.165) is 32.6 Å². The molecule has 1 heterocycles. The largest absolute Gasteiger partial charge is 0.389 e. The van der Waals surface area contributed by atoms with Gasteiger partial charge in [0.05, 0.1) is 5.60 Å². The van der Waals surface area contributed by atoms with Crippen molar-refractivity contribution in [1.29, 1.82) is 0 Å². The molecule has 90 valence electrons. The van der Waals surface area contributed by atoms with Crippen LogP contribution in [0.4, 0.5) is 0 Å². The van der Waals surface area contributed by atoms with Crippen LogP contribution in [0.15, 0.2) is 0 Å². The molecule has 0 amide bonds. The van der Waals surface area contributed by atoms with E-state index in [4.69, 9.17) is 0 Å². The van der Waals surface area contributed by atoms with Crippen molar-refractivity contribution < 1.29 is 5.11 Å². The summed E-state index contributed by atoms with van der Waals surface area (Å²) in [5.74, 6) is 0. The Labute approximate surface area is 94.1 Å². The molecule has 1 aliphatic rings. The van der Waals surface area contributed by atoms with Gasteiger partial charge in [-0.05, 0) is 34.2 Å². The first-order valence-corrected chi connectivity index (χ1v) is 5.93. The molecular formula is C12H26N2O. The summed E-state index contributed by atoms with van der Waals surface area (Å²) in [6.45, 7) is 12.5. The molecule has 1 N–H and O–H groups in total. The lowest BCUT2D eigenvalue weighted by molar-refractivity contribution is -0.0257. The number of β-amino-alcohol motifs (C(OH)–C–C–N with tert-alkyl or cyclic N) is 1. The van der Waals surface area contributed by atoms with Gasteiger partial charge < -0.3 is 5.11 Å². The van der Waals surface area contributed by atoms with Crippen molar-refractivity contribution in [3.8, 4) is 0 Å². The van der Waals surface area contributed by atoms with Crippen molar-refractivity contribution in [3.63, 3.8) is 0 Å². The lowest BCUT2D eigenvalue weighted by Crippen LogP contribution is -2.59. The Bertz CT molecular complexity index is 212. The standard InChI is InChI=1S/C12H26N2O/c1-6-12(4,15)10-14-8-7-13(5)11(2,3)9-14/h15H,6-10H2,1-5H3. The minimum Gasteiger partial charge on any atom is -0.389 e. The van der Waals surface area contributed by atoms with Crippen molar-refractivity contribution in [1.82, 2.24) is 9.80 Å². The quantitative estimate of drug-likeness (QED) is 0.764. The molecular weight excluding hydrogens is 188 g/mol. The van der Waals surface area contributed by atoms with E-state index in [1.54, 1.807) is 0 Å². The van der Waals surface area contributed by atoms with Crippen LogP contribution >= 0.6 is 0 Å². The number of piperazine rings is 1. The van der Waals surface area contributed by atoms with Crippen LogP contribution in [-0.2, 0) is 0 Å². The highest BCUT2D eigenvalue weighted by molar-refractivity contribution is 4.90. The van der Waals surface area contributed by atoms with Crippen molar-refractivity contribution in [2.45, 2.75) is 45.3 Å². The summed E-state index contributed by atoms with van der Waals surface area (Å²) >= 11 is 0. The summed E-state index contributed by atoms with van der Waals surface area (Å²) in [7, 11) is 2.18. The van der Waals surface area contributed by atoms with Crippen molar-refractivity contribution in [2.24, 2.45) is 0 Å². The van der Waals surface area contributed by atoms with Crippen LogP contribution in [0, 0.1) is 0 Å². The number of rotatable bonds is 3. The highest BCUT2D eigenvalue weighted by Gasteiger charge is 2.33. The number of aliphatic hydroxyl groups is 1. The van der Waals surface area contributed by atoms with Gasteiger partial charge in [-0.3, -0.25) is 9.80 Å². The van der Waals surface area contributed by atoms with Crippen LogP contribution in [0.3, 0.4) is 0 Å². The average Bonchev–Trinajstić information content (AvgIpc) is 2.10. The molecule has 1 saturated heterocycles. The molecule has 15 heavy (non-hydrogen) atoms. The molecule has 1 rings (SSSR count). The predicted molar refractivity (Wildman–Crippen MR) is 64.1 cm³/mol. The fourth-order valence-electron chi connectivity index (χ4n) is 2.07. The zero-order valence-corrected chi connectivity index (χ0v) is 10.9. The van der Waals surface area contributed by atoms with Gasteiger partial charge in [-0.2, -0.15) is 0 Å². The van der Waals surface area contributed by atoms with E-state index < -0.39 is 5.60 Å². The van der Waals surface area contributed by atoms with Crippen LogP contribution in [0.5, 0.6) is 0 Å². The topological polar surface area (TPSA) is 26.7 Å². The zero-order chi connectivity index (χ0) is 11.7. The molecule has 0 radical (unpaired) electrons. The number of hydrogen-bond donors (Lipinski definition) is 1. The third-order valence-corrected chi connectivity index (χ3v) is 3.72. The Morgan fingerprint density at radius 1 is 1.33 bits per heavy atom. The van der Waals surface area contributed by atoms with Crippen molar-refractivity contribution in [3.05, 3.63) is 0 Å². The summed E-state index contributed by atoms with van der Waals surface area (Å²) in [5, 5.41) is 10.1. The second-order valence-electron chi connectivity index (χ2n) is 5.80. The third kappa shape index (κ3) is 3.44. The first-order valence-electron chi connectivity index (χ1n) is 5.93. The Morgan fingerprint density at radius 3 is 2.40 bits per heavy atom. The minimum atomic E-state index is -0.536. The highest BCUT2D eigenvalue weighted by atomic mass is 16.3. The van der Waals surface area contributed by atoms with Gasteiger partial charge >= 0.3 is 0 Å².